The monoisotopic (exact) mass is 412 g/mol. The Balaban J connectivity index is 2.21. The Labute approximate surface area is 163 Å². The van der Waals surface area contributed by atoms with Crippen molar-refractivity contribution in [3.05, 3.63) is 72.1 Å². The normalized spacial score (nSPS) is 11.7. The molecule has 6 nitrogen and oxygen atoms in total. The molecule has 0 aliphatic rings. The molecule has 0 unspecified atom stereocenters. The topological polar surface area (TPSA) is 81.9 Å². The Morgan fingerprint density at radius 2 is 1.66 bits per heavy atom. The maximum atomic E-state index is 12.6. The van der Waals surface area contributed by atoms with Crippen LogP contribution in [0.15, 0.2) is 66.5 Å². The van der Waals surface area contributed by atoms with Crippen molar-refractivity contribution in [2.75, 3.05) is 18.2 Å². The molecule has 0 radical (unpaired) electrons. The molecular formula is C19H16F4N2O4. The third-order valence-corrected chi connectivity index (χ3v) is 3.52. The van der Waals surface area contributed by atoms with Crippen LogP contribution in [0.5, 0.6) is 5.75 Å². The summed E-state index contributed by atoms with van der Waals surface area (Å²) in [5.74, 6) is -3.28. The SMILES string of the molecule is NC/C(=C/F)COc1ccc(C(=O)N(OC(=O)C(F)(F)F)c2ccccc2)cc1. The molecule has 1 amide bonds. The lowest BCUT2D eigenvalue weighted by Gasteiger charge is -2.21. The van der Waals surface area contributed by atoms with E-state index in [9.17, 15) is 27.2 Å². The number of anilines is 1. The first kappa shape index (κ1) is 21.9. The molecule has 10 heteroatoms. The molecule has 0 aliphatic heterocycles. The molecule has 29 heavy (non-hydrogen) atoms. The summed E-state index contributed by atoms with van der Waals surface area (Å²) in [7, 11) is 0. The highest BCUT2D eigenvalue weighted by Crippen LogP contribution is 2.23. The van der Waals surface area contributed by atoms with Gasteiger partial charge in [0, 0.05) is 17.7 Å². The van der Waals surface area contributed by atoms with Gasteiger partial charge < -0.3 is 15.3 Å². The van der Waals surface area contributed by atoms with Crippen LogP contribution in [0.25, 0.3) is 0 Å². The van der Waals surface area contributed by atoms with E-state index in [0.717, 1.165) is 0 Å². The van der Waals surface area contributed by atoms with Crippen molar-refractivity contribution >= 4 is 17.6 Å². The van der Waals surface area contributed by atoms with Crippen LogP contribution >= 0.6 is 0 Å². The molecule has 154 valence electrons. The molecule has 2 aromatic carbocycles. The minimum atomic E-state index is -5.28. The minimum absolute atomic E-state index is 0.0380. The fourth-order valence-electron chi connectivity index (χ4n) is 2.03. The number of carbonyl (C=O) groups excluding carboxylic acids is 2. The van der Waals surface area contributed by atoms with Crippen LogP contribution in [-0.4, -0.2) is 31.2 Å². The molecule has 2 rings (SSSR count). The van der Waals surface area contributed by atoms with Crippen molar-refractivity contribution in [3.63, 3.8) is 0 Å². The molecule has 2 aromatic rings. The van der Waals surface area contributed by atoms with Crippen LogP contribution in [0.1, 0.15) is 10.4 Å². The molecule has 0 aromatic heterocycles. The lowest BCUT2D eigenvalue weighted by Crippen LogP contribution is -2.38. The lowest BCUT2D eigenvalue weighted by atomic mass is 10.2. The number of hydroxylamine groups is 1. The highest BCUT2D eigenvalue weighted by molar-refractivity contribution is 6.05. The van der Waals surface area contributed by atoms with Crippen LogP contribution < -0.4 is 15.5 Å². The number of ether oxygens (including phenoxy) is 1. The van der Waals surface area contributed by atoms with Crippen LogP contribution in [0.2, 0.25) is 0 Å². The van der Waals surface area contributed by atoms with E-state index in [1.54, 1.807) is 6.07 Å². The van der Waals surface area contributed by atoms with E-state index in [4.69, 9.17) is 10.5 Å². The van der Waals surface area contributed by atoms with E-state index in [1.165, 1.54) is 48.5 Å². The smallest absolute Gasteiger partial charge is 0.489 e. The molecule has 0 aliphatic carbocycles. The molecule has 0 heterocycles. The van der Waals surface area contributed by atoms with Crippen molar-refractivity contribution < 1.29 is 36.7 Å². The Hall–Kier alpha value is -3.40. The molecule has 0 bridgehead atoms. The first-order valence-corrected chi connectivity index (χ1v) is 8.16. The zero-order valence-corrected chi connectivity index (χ0v) is 14.9. The summed E-state index contributed by atoms with van der Waals surface area (Å²) in [5.41, 5.74) is 5.37. The van der Waals surface area contributed by atoms with E-state index in [0.29, 0.717) is 6.33 Å². The van der Waals surface area contributed by atoms with Gasteiger partial charge in [-0.1, -0.05) is 18.2 Å². The summed E-state index contributed by atoms with van der Waals surface area (Å²) in [6.07, 6.45) is -4.96. The second kappa shape index (κ2) is 9.69. The molecule has 0 spiro atoms. The number of carbonyl (C=O) groups is 2. The van der Waals surface area contributed by atoms with Crippen LogP contribution in [0.4, 0.5) is 23.2 Å². The first-order valence-electron chi connectivity index (χ1n) is 8.16. The van der Waals surface area contributed by atoms with Crippen molar-refractivity contribution in [2.45, 2.75) is 6.18 Å². The fraction of sp³-hybridized carbons (Fsp3) is 0.158. The summed E-state index contributed by atoms with van der Waals surface area (Å²) in [6.45, 7) is -0.149. The average Bonchev–Trinajstić information content (AvgIpc) is 2.72. The van der Waals surface area contributed by atoms with E-state index in [-0.39, 0.29) is 40.8 Å². The summed E-state index contributed by atoms with van der Waals surface area (Å²) in [4.78, 5) is 28.2. The van der Waals surface area contributed by atoms with E-state index >= 15 is 0 Å². The van der Waals surface area contributed by atoms with Gasteiger partial charge in [0.15, 0.2) is 0 Å². The maximum Gasteiger partial charge on any atom is 0.493 e. The standard InChI is InChI=1S/C19H16F4N2O4/c20-10-13(11-24)12-28-16-8-6-14(7-9-16)17(26)25(15-4-2-1-3-5-15)29-18(27)19(21,22)23/h1-10H,11-12,24H2/b13-10-. The van der Waals surface area contributed by atoms with Gasteiger partial charge in [0.05, 0.1) is 12.0 Å². The zero-order valence-electron chi connectivity index (χ0n) is 14.9. The van der Waals surface area contributed by atoms with Gasteiger partial charge in [-0.2, -0.15) is 13.2 Å². The first-order chi connectivity index (χ1) is 13.8. The number of rotatable bonds is 6. The van der Waals surface area contributed by atoms with Gasteiger partial charge in [0.2, 0.25) is 0 Å². The second-order valence-electron chi connectivity index (χ2n) is 5.60. The zero-order chi connectivity index (χ0) is 21.4. The molecular weight excluding hydrogens is 396 g/mol. The van der Waals surface area contributed by atoms with Gasteiger partial charge in [-0.25, -0.2) is 9.18 Å². The Bertz CT molecular complexity index is 868. The molecule has 0 saturated heterocycles. The summed E-state index contributed by atoms with van der Waals surface area (Å²) in [5, 5.41) is 0.254. The summed E-state index contributed by atoms with van der Waals surface area (Å²) < 4.78 is 55.5. The number of nitrogens with zero attached hydrogens (tertiary/aromatic N) is 1. The fourth-order valence-corrected chi connectivity index (χ4v) is 2.03. The third-order valence-electron chi connectivity index (χ3n) is 3.52. The van der Waals surface area contributed by atoms with Crippen LogP contribution in [-0.2, 0) is 9.63 Å². The van der Waals surface area contributed by atoms with Crippen LogP contribution in [0.3, 0.4) is 0 Å². The number of hydrogen-bond acceptors (Lipinski definition) is 5. The highest BCUT2D eigenvalue weighted by atomic mass is 19.4. The van der Waals surface area contributed by atoms with Crippen molar-refractivity contribution in [2.24, 2.45) is 5.73 Å². The van der Waals surface area contributed by atoms with Crippen LogP contribution in [0, 0.1) is 0 Å². The minimum Gasteiger partial charge on any atom is -0.489 e. The number of para-hydroxylation sites is 1. The maximum absolute atomic E-state index is 12.6. The van der Waals surface area contributed by atoms with Gasteiger partial charge >= 0.3 is 12.1 Å². The second-order valence-corrected chi connectivity index (χ2v) is 5.60. The van der Waals surface area contributed by atoms with Crippen molar-refractivity contribution in [1.82, 2.24) is 0 Å². The largest absolute Gasteiger partial charge is 0.493 e. The molecule has 0 fully saturated rings. The van der Waals surface area contributed by atoms with Gasteiger partial charge in [-0.05, 0) is 36.4 Å². The van der Waals surface area contributed by atoms with Crippen molar-refractivity contribution in [3.8, 4) is 5.75 Å². The summed E-state index contributed by atoms with van der Waals surface area (Å²) in [6, 6.07) is 12.3. The Morgan fingerprint density at radius 3 is 2.17 bits per heavy atom. The highest BCUT2D eigenvalue weighted by Gasteiger charge is 2.43. The number of alkyl halides is 3. The number of amides is 1. The third kappa shape index (κ3) is 6.04. The molecule has 0 saturated carbocycles. The number of benzene rings is 2. The van der Waals surface area contributed by atoms with E-state index in [1.807, 2.05) is 0 Å². The number of halogens is 4. The Kier molecular flexibility index (Phi) is 7.32. The van der Waals surface area contributed by atoms with Gasteiger partial charge in [0.25, 0.3) is 5.91 Å². The summed E-state index contributed by atoms with van der Waals surface area (Å²) >= 11 is 0. The molecule has 2 N–H and O–H groups in total. The number of hydrogen-bond donors (Lipinski definition) is 1. The van der Waals surface area contributed by atoms with Gasteiger partial charge in [-0.15, -0.1) is 5.06 Å². The quantitative estimate of drug-likeness (QED) is 0.580. The number of nitrogens with two attached hydrogens (primary N) is 1. The van der Waals surface area contributed by atoms with E-state index < -0.39 is 18.1 Å². The predicted molar refractivity (Wildman–Crippen MR) is 95.6 cm³/mol. The van der Waals surface area contributed by atoms with Gasteiger partial charge in [0.1, 0.15) is 12.4 Å². The Morgan fingerprint density at radius 1 is 1.03 bits per heavy atom. The predicted octanol–water partition coefficient (Wildman–Crippen LogP) is 3.54. The van der Waals surface area contributed by atoms with E-state index in [2.05, 4.69) is 4.84 Å². The average molecular weight is 412 g/mol. The van der Waals surface area contributed by atoms with Gasteiger partial charge in [-0.3, -0.25) is 4.79 Å². The lowest BCUT2D eigenvalue weighted by molar-refractivity contribution is -0.199. The molecule has 0 atom stereocenters. The van der Waals surface area contributed by atoms with Crippen molar-refractivity contribution in [1.29, 1.82) is 0 Å².